The number of anilines is 1. The van der Waals surface area contributed by atoms with Crippen molar-refractivity contribution < 1.29 is 27.5 Å². The van der Waals surface area contributed by atoms with Gasteiger partial charge in [-0.3, -0.25) is 19.8 Å². The van der Waals surface area contributed by atoms with Crippen LogP contribution in [0.3, 0.4) is 0 Å². The van der Waals surface area contributed by atoms with E-state index in [1.807, 2.05) is 18.2 Å². The van der Waals surface area contributed by atoms with Gasteiger partial charge in [-0.15, -0.1) is 0 Å². The number of carbonyl (C=O) groups excluding carboxylic acids is 2. The molecule has 2 amide bonds. The maximum atomic E-state index is 13.5. The topological polar surface area (TPSA) is 58.6 Å². The molecular weight excluding hydrogens is 525 g/mol. The Kier molecular flexibility index (Phi) is 7.00. The fraction of sp³-hybridized carbons (Fsp3) is 0.0333. The van der Waals surface area contributed by atoms with Crippen LogP contribution in [-0.4, -0.2) is 16.9 Å². The molecule has 0 radical (unpaired) electrons. The van der Waals surface area contributed by atoms with Crippen molar-refractivity contribution >= 4 is 40.9 Å². The van der Waals surface area contributed by atoms with Gasteiger partial charge < -0.3 is 4.74 Å². The third-order valence-corrected chi connectivity index (χ3v) is 6.22. The van der Waals surface area contributed by atoms with Crippen LogP contribution < -0.4 is 15.0 Å². The number of nitrogens with zero attached hydrogens (tertiary/aromatic N) is 1. The van der Waals surface area contributed by atoms with Gasteiger partial charge in [-0.1, -0.05) is 54.6 Å². The van der Waals surface area contributed by atoms with Crippen molar-refractivity contribution in [2.24, 2.45) is 0 Å². The van der Waals surface area contributed by atoms with Crippen molar-refractivity contribution in [1.29, 1.82) is 0 Å². The summed E-state index contributed by atoms with van der Waals surface area (Å²) in [6.07, 6.45) is -3.16. The standard InChI is InChI=1S/C30H19F3N2O3S/c31-30(32,33)21-9-6-8-19(17-21)25-12-5-4-7-20(25)18-26-27(36)34-29(39)35(28(26)37)22-13-15-24(16-14-22)38-23-10-2-1-3-11-23/h1-18H,(H,34,36,39). The third-order valence-electron chi connectivity index (χ3n) is 5.94. The number of amides is 2. The molecule has 5 rings (SSSR count). The van der Waals surface area contributed by atoms with Gasteiger partial charge in [-0.05, 0) is 83.5 Å². The van der Waals surface area contributed by atoms with Crippen LogP contribution in [0.4, 0.5) is 18.9 Å². The Balaban J connectivity index is 1.47. The van der Waals surface area contributed by atoms with Gasteiger partial charge in [0.1, 0.15) is 17.1 Å². The van der Waals surface area contributed by atoms with Gasteiger partial charge in [-0.25, -0.2) is 0 Å². The minimum Gasteiger partial charge on any atom is -0.457 e. The van der Waals surface area contributed by atoms with Gasteiger partial charge in [-0.2, -0.15) is 13.2 Å². The molecule has 0 aliphatic carbocycles. The highest BCUT2D eigenvalue weighted by Crippen LogP contribution is 2.34. The van der Waals surface area contributed by atoms with Crippen molar-refractivity contribution in [2.45, 2.75) is 6.18 Å². The van der Waals surface area contributed by atoms with Crippen LogP contribution in [0.5, 0.6) is 11.5 Å². The Morgan fingerprint density at radius 1 is 0.795 bits per heavy atom. The van der Waals surface area contributed by atoms with E-state index in [9.17, 15) is 22.8 Å². The Morgan fingerprint density at radius 3 is 2.18 bits per heavy atom. The SMILES string of the molecule is O=C1NC(=S)N(c2ccc(Oc3ccccc3)cc2)C(=O)C1=Cc1ccccc1-c1cccc(C(F)(F)F)c1. The molecule has 5 nitrogen and oxygen atoms in total. The number of para-hydroxylation sites is 1. The smallest absolute Gasteiger partial charge is 0.416 e. The van der Waals surface area contributed by atoms with Crippen LogP contribution in [0.2, 0.25) is 0 Å². The van der Waals surface area contributed by atoms with Crippen LogP contribution >= 0.6 is 12.2 Å². The first-order valence-electron chi connectivity index (χ1n) is 11.7. The largest absolute Gasteiger partial charge is 0.457 e. The number of ether oxygens (including phenoxy) is 1. The second kappa shape index (κ2) is 10.5. The highest BCUT2D eigenvalue weighted by molar-refractivity contribution is 7.80. The average Bonchev–Trinajstić information content (AvgIpc) is 2.92. The van der Waals surface area contributed by atoms with Crippen molar-refractivity contribution in [3.63, 3.8) is 0 Å². The molecule has 4 aromatic carbocycles. The van der Waals surface area contributed by atoms with Crippen molar-refractivity contribution in [3.8, 4) is 22.6 Å². The number of rotatable bonds is 5. The molecule has 1 aliphatic heterocycles. The van der Waals surface area contributed by atoms with E-state index < -0.39 is 23.6 Å². The van der Waals surface area contributed by atoms with Crippen LogP contribution in [0.15, 0.2) is 109 Å². The molecule has 0 bridgehead atoms. The highest BCUT2D eigenvalue weighted by atomic mass is 32.1. The lowest BCUT2D eigenvalue weighted by atomic mass is 9.96. The number of nitrogens with one attached hydrogen (secondary N) is 1. The predicted octanol–water partition coefficient (Wildman–Crippen LogP) is 7.00. The fourth-order valence-electron chi connectivity index (χ4n) is 4.08. The highest BCUT2D eigenvalue weighted by Gasteiger charge is 2.35. The second-order valence-corrected chi connectivity index (χ2v) is 8.92. The zero-order chi connectivity index (χ0) is 27.6. The molecule has 4 aromatic rings. The third kappa shape index (κ3) is 5.58. The van der Waals surface area contributed by atoms with E-state index in [0.29, 0.717) is 33.9 Å². The number of alkyl halides is 3. The van der Waals surface area contributed by atoms with Gasteiger partial charge in [0, 0.05) is 0 Å². The zero-order valence-corrected chi connectivity index (χ0v) is 20.9. The number of carbonyl (C=O) groups is 2. The monoisotopic (exact) mass is 544 g/mol. The summed E-state index contributed by atoms with van der Waals surface area (Å²) in [5.41, 5.74) is 0.510. The molecule has 0 spiro atoms. The average molecular weight is 545 g/mol. The molecule has 1 saturated heterocycles. The van der Waals surface area contributed by atoms with Gasteiger partial charge in [0.2, 0.25) is 0 Å². The first-order valence-corrected chi connectivity index (χ1v) is 12.1. The Labute approximate surface area is 227 Å². The number of benzene rings is 4. The number of halogens is 3. The number of thiocarbonyl (C=S) groups is 1. The van der Waals surface area contributed by atoms with Crippen LogP contribution in [0.25, 0.3) is 17.2 Å². The summed E-state index contributed by atoms with van der Waals surface area (Å²) in [5, 5.41) is 2.43. The lowest BCUT2D eigenvalue weighted by molar-refractivity contribution is -0.137. The zero-order valence-electron chi connectivity index (χ0n) is 20.1. The summed E-state index contributed by atoms with van der Waals surface area (Å²) in [6, 6.07) is 27.2. The van der Waals surface area contributed by atoms with Crippen molar-refractivity contribution in [2.75, 3.05) is 4.90 Å². The number of hydrogen-bond donors (Lipinski definition) is 1. The summed E-state index contributed by atoms with van der Waals surface area (Å²) in [4.78, 5) is 27.5. The van der Waals surface area contributed by atoms with Gasteiger partial charge >= 0.3 is 6.18 Å². The van der Waals surface area contributed by atoms with E-state index in [1.54, 1.807) is 60.7 Å². The Morgan fingerprint density at radius 2 is 1.46 bits per heavy atom. The lowest BCUT2D eigenvalue weighted by Crippen LogP contribution is -2.54. The summed E-state index contributed by atoms with van der Waals surface area (Å²) in [5.74, 6) is -0.190. The maximum absolute atomic E-state index is 13.5. The first kappa shape index (κ1) is 25.9. The lowest BCUT2D eigenvalue weighted by Gasteiger charge is -2.29. The normalized spacial score (nSPS) is 14.9. The van der Waals surface area contributed by atoms with E-state index in [2.05, 4.69) is 5.32 Å². The van der Waals surface area contributed by atoms with E-state index in [4.69, 9.17) is 17.0 Å². The van der Waals surface area contributed by atoms with Crippen molar-refractivity contribution in [3.05, 3.63) is 120 Å². The predicted molar refractivity (Wildman–Crippen MR) is 146 cm³/mol. The molecular formula is C30H19F3N2O3S. The molecule has 1 aliphatic rings. The molecule has 0 unspecified atom stereocenters. The molecule has 1 N–H and O–H groups in total. The molecule has 0 atom stereocenters. The molecule has 39 heavy (non-hydrogen) atoms. The van der Waals surface area contributed by atoms with Crippen LogP contribution in [0, 0.1) is 0 Å². The molecule has 1 heterocycles. The molecule has 0 saturated carbocycles. The Hall–Kier alpha value is -4.76. The Bertz CT molecular complexity index is 1600. The maximum Gasteiger partial charge on any atom is 0.416 e. The van der Waals surface area contributed by atoms with Gasteiger partial charge in [0.05, 0.1) is 11.3 Å². The summed E-state index contributed by atoms with van der Waals surface area (Å²) in [7, 11) is 0. The summed E-state index contributed by atoms with van der Waals surface area (Å²) < 4.78 is 45.7. The molecule has 9 heteroatoms. The van der Waals surface area contributed by atoms with E-state index in [0.717, 1.165) is 12.1 Å². The molecule has 1 fully saturated rings. The van der Waals surface area contributed by atoms with Gasteiger partial charge in [0.25, 0.3) is 11.8 Å². The number of hydrogen-bond acceptors (Lipinski definition) is 4. The van der Waals surface area contributed by atoms with Crippen LogP contribution in [-0.2, 0) is 15.8 Å². The minimum absolute atomic E-state index is 0.0926. The minimum atomic E-state index is -4.51. The first-order chi connectivity index (χ1) is 18.7. The van der Waals surface area contributed by atoms with E-state index >= 15 is 0 Å². The van der Waals surface area contributed by atoms with Crippen LogP contribution in [0.1, 0.15) is 11.1 Å². The summed E-state index contributed by atoms with van der Waals surface area (Å²) >= 11 is 5.28. The molecule has 194 valence electrons. The second-order valence-electron chi connectivity index (χ2n) is 8.53. The fourth-order valence-corrected chi connectivity index (χ4v) is 4.37. The van der Waals surface area contributed by atoms with Gasteiger partial charge in [0.15, 0.2) is 5.11 Å². The van der Waals surface area contributed by atoms with Crippen molar-refractivity contribution in [1.82, 2.24) is 5.32 Å². The quantitative estimate of drug-likeness (QED) is 0.167. The molecule has 0 aromatic heterocycles. The summed E-state index contributed by atoms with van der Waals surface area (Å²) in [6.45, 7) is 0. The van der Waals surface area contributed by atoms with E-state index in [1.165, 1.54) is 23.1 Å². The van der Waals surface area contributed by atoms with E-state index in [-0.39, 0.29) is 10.7 Å².